The fourth-order valence-corrected chi connectivity index (χ4v) is 4.12. The molecule has 2 aromatic rings. The van der Waals surface area contributed by atoms with Crippen LogP contribution < -0.4 is 10.1 Å². The van der Waals surface area contributed by atoms with Crippen LogP contribution in [0.25, 0.3) is 0 Å². The van der Waals surface area contributed by atoms with Crippen LogP contribution >= 0.6 is 0 Å². The molecule has 30 heavy (non-hydrogen) atoms. The van der Waals surface area contributed by atoms with Crippen LogP contribution in [0.1, 0.15) is 49.8 Å². The molecule has 0 saturated carbocycles. The fraction of sp³-hybridized carbons (Fsp3) is 0.500. The number of likely N-dealkylation sites (tertiary alicyclic amines) is 1. The highest BCUT2D eigenvalue weighted by atomic mass is 16.5. The minimum atomic E-state index is 0.154. The van der Waals surface area contributed by atoms with E-state index in [1.165, 1.54) is 16.7 Å². The highest BCUT2D eigenvalue weighted by Gasteiger charge is 2.24. The lowest BCUT2D eigenvalue weighted by Gasteiger charge is -2.31. The van der Waals surface area contributed by atoms with Gasteiger partial charge in [0, 0.05) is 19.0 Å². The summed E-state index contributed by atoms with van der Waals surface area (Å²) in [6.45, 7) is 9.91. The predicted octanol–water partition coefficient (Wildman–Crippen LogP) is 4.74. The van der Waals surface area contributed by atoms with Crippen LogP contribution in [0.2, 0.25) is 0 Å². The Morgan fingerprint density at radius 3 is 2.57 bits per heavy atom. The van der Waals surface area contributed by atoms with E-state index in [9.17, 15) is 4.79 Å². The van der Waals surface area contributed by atoms with E-state index in [0.29, 0.717) is 0 Å². The summed E-state index contributed by atoms with van der Waals surface area (Å²) in [5, 5.41) is 3.15. The summed E-state index contributed by atoms with van der Waals surface area (Å²) < 4.78 is 5.76. The molecule has 1 N–H and O–H groups in total. The molecule has 0 bridgehead atoms. The van der Waals surface area contributed by atoms with Crippen molar-refractivity contribution in [3.05, 3.63) is 65.2 Å². The van der Waals surface area contributed by atoms with Gasteiger partial charge in [-0.2, -0.15) is 0 Å². The van der Waals surface area contributed by atoms with Crippen molar-refractivity contribution < 1.29 is 9.53 Å². The third kappa shape index (κ3) is 7.17. The maximum atomic E-state index is 12.5. The Balaban J connectivity index is 1.34. The number of amides is 1. The topological polar surface area (TPSA) is 41.6 Å². The lowest BCUT2D eigenvalue weighted by atomic mass is 9.95. The van der Waals surface area contributed by atoms with Crippen LogP contribution in [0.15, 0.2) is 48.5 Å². The number of carbonyl (C=O) groups excluding carboxylic acids is 1. The molecule has 0 aromatic heterocycles. The first kappa shape index (κ1) is 22.4. The van der Waals surface area contributed by atoms with Gasteiger partial charge in [-0.15, -0.1) is 0 Å². The molecule has 1 amide bonds. The lowest BCUT2D eigenvalue weighted by molar-refractivity contribution is -0.126. The molecule has 2 aromatic carbocycles. The van der Waals surface area contributed by atoms with Gasteiger partial charge in [0.15, 0.2) is 0 Å². The molecule has 0 aliphatic carbocycles. The summed E-state index contributed by atoms with van der Waals surface area (Å²) in [6.07, 6.45) is 3.98. The Bertz CT molecular complexity index is 810. The summed E-state index contributed by atoms with van der Waals surface area (Å²) in [6, 6.07) is 17.0. The molecule has 1 saturated heterocycles. The van der Waals surface area contributed by atoms with E-state index in [1.807, 2.05) is 26.0 Å². The van der Waals surface area contributed by atoms with Crippen LogP contribution in [0.3, 0.4) is 0 Å². The van der Waals surface area contributed by atoms with Gasteiger partial charge in [0.2, 0.25) is 5.91 Å². The second-order valence-electron chi connectivity index (χ2n) is 8.75. The van der Waals surface area contributed by atoms with E-state index in [-0.39, 0.29) is 17.9 Å². The van der Waals surface area contributed by atoms with Crippen molar-refractivity contribution in [3.8, 4) is 5.75 Å². The molecule has 162 valence electrons. The maximum Gasteiger partial charge on any atom is 0.223 e. The summed E-state index contributed by atoms with van der Waals surface area (Å²) in [7, 11) is 0. The molecule has 0 unspecified atom stereocenters. The Morgan fingerprint density at radius 2 is 1.83 bits per heavy atom. The Labute approximate surface area is 181 Å². The van der Waals surface area contributed by atoms with Crippen LogP contribution in [0, 0.1) is 12.8 Å². The number of ether oxygens (including phenoxy) is 1. The van der Waals surface area contributed by atoms with Crippen molar-refractivity contribution in [1.29, 1.82) is 0 Å². The number of hydrogen-bond acceptors (Lipinski definition) is 3. The predicted molar refractivity (Wildman–Crippen MR) is 123 cm³/mol. The van der Waals surface area contributed by atoms with Crippen molar-refractivity contribution in [2.24, 2.45) is 5.92 Å². The van der Waals surface area contributed by atoms with E-state index in [0.717, 1.165) is 57.6 Å². The Morgan fingerprint density at radius 1 is 1.10 bits per heavy atom. The number of nitrogens with zero attached hydrogens (tertiary/aromatic N) is 1. The highest BCUT2D eigenvalue weighted by molar-refractivity contribution is 5.78. The first-order chi connectivity index (χ1) is 14.5. The van der Waals surface area contributed by atoms with Gasteiger partial charge >= 0.3 is 0 Å². The first-order valence-corrected chi connectivity index (χ1v) is 11.3. The summed E-state index contributed by atoms with van der Waals surface area (Å²) >= 11 is 0. The third-order valence-electron chi connectivity index (χ3n) is 5.66. The molecule has 1 fully saturated rings. The number of nitrogens with one attached hydrogen (secondary N) is 1. The van der Waals surface area contributed by atoms with E-state index in [2.05, 4.69) is 53.5 Å². The first-order valence-electron chi connectivity index (χ1n) is 11.3. The number of rotatable bonds is 9. The lowest BCUT2D eigenvalue weighted by Crippen LogP contribution is -2.40. The number of piperidine rings is 1. The quantitative estimate of drug-likeness (QED) is 0.609. The van der Waals surface area contributed by atoms with Crippen LogP contribution in [-0.4, -0.2) is 36.5 Å². The Kier molecular flexibility index (Phi) is 8.32. The zero-order valence-electron chi connectivity index (χ0n) is 18.7. The zero-order chi connectivity index (χ0) is 21.3. The van der Waals surface area contributed by atoms with Crippen LogP contribution in [0.5, 0.6) is 5.75 Å². The largest absolute Gasteiger partial charge is 0.491 e. The molecule has 1 heterocycles. The number of carbonyl (C=O) groups is 1. The van der Waals surface area contributed by atoms with Crippen molar-refractivity contribution >= 4 is 5.91 Å². The smallest absolute Gasteiger partial charge is 0.223 e. The van der Waals surface area contributed by atoms with E-state index in [1.54, 1.807) is 0 Å². The molecule has 1 aliphatic heterocycles. The average molecular weight is 409 g/mol. The molecular formula is C26H36N2O2. The van der Waals surface area contributed by atoms with Crippen LogP contribution in [-0.2, 0) is 17.8 Å². The van der Waals surface area contributed by atoms with Gasteiger partial charge in [-0.3, -0.25) is 9.69 Å². The second-order valence-corrected chi connectivity index (χ2v) is 8.75. The SMILES string of the molecule is Cc1cccc(CN2CCC(C(=O)NCCCc3cccc(OC(C)C)c3)CC2)c1. The molecule has 3 rings (SSSR count). The van der Waals surface area contributed by atoms with E-state index < -0.39 is 0 Å². The van der Waals surface area contributed by atoms with Gasteiger partial charge in [-0.25, -0.2) is 0 Å². The summed E-state index contributed by atoms with van der Waals surface area (Å²) in [5.41, 5.74) is 3.92. The van der Waals surface area contributed by atoms with Gasteiger partial charge < -0.3 is 10.1 Å². The molecule has 4 heteroatoms. The van der Waals surface area contributed by atoms with Gasteiger partial charge in [-0.1, -0.05) is 42.0 Å². The minimum Gasteiger partial charge on any atom is -0.491 e. The molecule has 4 nitrogen and oxygen atoms in total. The molecule has 0 radical (unpaired) electrons. The zero-order valence-corrected chi connectivity index (χ0v) is 18.7. The third-order valence-corrected chi connectivity index (χ3v) is 5.66. The minimum absolute atomic E-state index is 0.154. The van der Waals surface area contributed by atoms with Crippen molar-refractivity contribution in [3.63, 3.8) is 0 Å². The van der Waals surface area contributed by atoms with Gasteiger partial charge in [-0.05, 0) is 82.8 Å². The van der Waals surface area contributed by atoms with Crippen LogP contribution in [0.4, 0.5) is 0 Å². The molecule has 0 spiro atoms. The van der Waals surface area contributed by atoms with Crippen molar-refractivity contribution in [2.45, 2.75) is 59.1 Å². The van der Waals surface area contributed by atoms with E-state index in [4.69, 9.17) is 4.74 Å². The highest BCUT2D eigenvalue weighted by Crippen LogP contribution is 2.20. The van der Waals surface area contributed by atoms with Gasteiger partial charge in [0.1, 0.15) is 5.75 Å². The number of hydrogen-bond donors (Lipinski definition) is 1. The second kappa shape index (κ2) is 11.2. The molecule has 0 atom stereocenters. The standard InChI is InChI=1S/C26H36N2O2/c1-20(2)30-25-11-5-8-22(18-25)10-6-14-27-26(29)24-12-15-28(16-13-24)19-23-9-4-7-21(3)17-23/h4-5,7-9,11,17-18,20,24H,6,10,12-16,19H2,1-3H3,(H,27,29). The van der Waals surface area contributed by atoms with Crippen molar-refractivity contribution in [1.82, 2.24) is 10.2 Å². The van der Waals surface area contributed by atoms with Crippen molar-refractivity contribution in [2.75, 3.05) is 19.6 Å². The monoisotopic (exact) mass is 408 g/mol. The number of benzene rings is 2. The van der Waals surface area contributed by atoms with E-state index >= 15 is 0 Å². The normalized spacial score (nSPS) is 15.3. The number of aryl methyl sites for hydroxylation is 2. The Hall–Kier alpha value is -2.33. The molecular weight excluding hydrogens is 372 g/mol. The summed E-state index contributed by atoms with van der Waals surface area (Å²) in [5.74, 6) is 1.30. The fourth-order valence-electron chi connectivity index (χ4n) is 4.12. The van der Waals surface area contributed by atoms with Gasteiger partial charge in [0.05, 0.1) is 6.10 Å². The maximum absolute atomic E-state index is 12.5. The average Bonchev–Trinajstić information content (AvgIpc) is 2.71. The molecule has 1 aliphatic rings. The van der Waals surface area contributed by atoms with Gasteiger partial charge in [0.25, 0.3) is 0 Å². The summed E-state index contributed by atoms with van der Waals surface area (Å²) in [4.78, 5) is 15.0.